The summed E-state index contributed by atoms with van der Waals surface area (Å²) in [5.74, 6) is 0.849. The summed E-state index contributed by atoms with van der Waals surface area (Å²) in [6.45, 7) is 13.3. The maximum Gasteiger partial charge on any atom is 0.155 e. The van der Waals surface area contributed by atoms with Gasteiger partial charge in [-0.3, -0.25) is 5.41 Å². The van der Waals surface area contributed by atoms with Crippen LogP contribution in [0.5, 0.6) is 5.75 Å². The maximum absolute atomic E-state index is 7.49. The molecule has 0 fully saturated rings. The van der Waals surface area contributed by atoms with Crippen molar-refractivity contribution in [3.8, 4) is 5.75 Å². The topological polar surface area (TPSA) is 59.1 Å². The van der Waals surface area contributed by atoms with Crippen molar-refractivity contribution in [2.75, 3.05) is 0 Å². The molecular weight excluding hydrogens is 260 g/mol. The summed E-state index contributed by atoms with van der Waals surface area (Å²) in [6, 6.07) is 8.19. The summed E-state index contributed by atoms with van der Waals surface area (Å²) in [7, 11) is 0. The summed E-state index contributed by atoms with van der Waals surface area (Å²) in [5, 5.41) is 7.49. The zero-order valence-corrected chi connectivity index (χ0v) is 14.3. The maximum atomic E-state index is 7.49. The Kier molecular flexibility index (Phi) is 5.43. The van der Waals surface area contributed by atoms with Crippen LogP contribution in [0.15, 0.2) is 24.3 Å². The number of amidine groups is 1. The van der Waals surface area contributed by atoms with Gasteiger partial charge in [-0.2, -0.15) is 0 Å². The second-order valence-electron chi connectivity index (χ2n) is 7.62. The van der Waals surface area contributed by atoms with Crippen LogP contribution in [0.3, 0.4) is 0 Å². The summed E-state index contributed by atoms with van der Waals surface area (Å²) in [4.78, 5) is 0. The molecule has 3 nitrogen and oxygen atoms in total. The number of nitrogens with two attached hydrogens (primary N) is 1. The highest BCUT2D eigenvalue weighted by Crippen LogP contribution is 2.36. The fourth-order valence-corrected chi connectivity index (χ4v) is 2.94. The molecule has 0 aliphatic heterocycles. The number of ether oxygens (including phenoxy) is 1. The first-order valence-electron chi connectivity index (χ1n) is 7.66. The number of hydrogen-bond acceptors (Lipinski definition) is 2. The van der Waals surface area contributed by atoms with Gasteiger partial charge in [0.25, 0.3) is 0 Å². The number of hydrogen-bond donors (Lipinski definition) is 2. The van der Waals surface area contributed by atoms with E-state index in [-0.39, 0.29) is 17.4 Å². The molecule has 0 spiro atoms. The molecule has 1 aromatic carbocycles. The Morgan fingerprint density at radius 3 is 2.05 bits per heavy atom. The van der Waals surface area contributed by atoms with Crippen LogP contribution in [0.4, 0.5) is 0 Å². The fraction of sp³-hybridized carbons (Fsp3) is 0.611. The Labute approximate surface area is 129 Å². The van der Waals surface area contributed by atoms with E-state index < -0.39 is 0 Å². The molecule has 1 atom stereocenters. The molecule has 0 aliphatic rings. The summed E-state index contributed by atoms with van der Waals surface area (Å²) < 4.78 is 5.74. The van der Waals surface area contributed by atoms with Crippen molar-refractivity contribution >= 4 is 5.84 Å². The molecule has 0 aromatic heterocycles. The lowest BCUT2D eigenvalue weighted by Crippen LogP contribution is -2.32. The van der Waals surface area contributed by atoms with E-state index in [2.05, 4.69) is 46.8 Å². The van der Waals surface area contributed by atoms with Gasteiger partial charge in [0.2, 0.25) is 0 Å². The van der Waals surface area contributed by atoms with Gasteiger partial charge in [-0.05, 0) is 41.4 Å². The summed E-state index contributed by atoms with van der Waals surface area (Å²) in [5.41, 5.74) is 7.25. The van der Waals surface area contributed by atoms with E-state index in [0.717, 1.165) is 12.2 Å². The van der Waals surface area contributed by atoms with E-state index in [9.17, 15) is 0 Å². The summed E-state index contributed by atoms with van der Waals surface area (Å²) >= 11 is 0. The minimum atomic E-state index is -0.335. The standard InChI is InChI=1S/C18H30N2O/c1-7-15(16(19)20)21-14-10-8-13(9-11-14)18(5,6)12-17(2,3)4/h8-11,15H,7,12H2,1-6H3,(H3,19,20). The lowest BCUT2D eigenvalue weighted by molar-refractivity contribution is 0.259. The lowest BCUT2D eigenvalue weighted by Gasteiger charge is -2.33. The third-order valence-electron chi connectivity index (χ3n) is 3.60. The minimum absolute atomic E-state index is 0.0784. The molecule has 3 N–H and O–H groups in total. The van der Waals surface area contributed by atoms with Crippen LogP contribution in [0.25, 0.3) is 0 Å². The van der Waals surface area contributed by atoms with Gasteiger partial charge in [-0.1, -0.05) is 53.7 Å². The van der Waals surface area contributed by atoms with E-state index in [1.807, 2.05) is 19.1 Å². The third-order valence-corrected chi connectivity index (χ3v) is 3.60. The van der Waals surface area contributed by atoms with Gasteiger partial charge in [0.15, 0.2) is 6.10 Å². The van der Waals surface area contributed by atoms with E-state index in [1.54, 1.807) is 0 Å². The Balaban J connectivity index is 2.85. The molecule has 1 aromatic rings. The molecule has 118 valence electrons. The molecule has 21 heavy (non-hydrogen) atoms. The molecule has 0 radical (unpaired) electrons. The van der Waals surface area contributed by atoms with Gasteiger partial charge >= 0.3 is 0 Å². The highest BCUT2D eigenvalue weighted by molar-refractivity contribution is 5.81. The van der Waals surface area contributed by atoms with Crippen molar-refractivity contribution < 1.29 is 4.74 Å². The predicted molar refractivity (Wildman–Crippen MR) is 90.2 cm³/mol. The van der Waals surface area contributed by atoms with Gasteiger partial charge in [0.05, 0.1) is 0 Å². The molecule has 0 aliphatic carbocycles. The largest absolute Gasteiger partial charge is 0.483 e. The van der Waals surface area contributed by atoms with Crippen LogP contribution in [0, 0.1) is 10.8 Å². The van der Waals surface area contributed by atoms with Gasteiger partial charge in [0.1, 0.15) is 11.6 Å². The molecule has 0 saturated heterocycles. The first kappa shape index (κ1) is 17.5. The van der Waals surface area contributed by atoms with Gasteiger partial charge in [0, 0.05) is 0 Å². The normalized spacial score (nSPS) is 13.8. The van der Waals surface area contributed by atoms with E-state index >= 15 is 0 Å². The first-order valence-corrected chi connectivity index (χ1v) is 7.66. The SMILES string of the molecule is CCC(Oc1ccc(C(C)(C)CC(C)(C)C)cc1)C(=N)N. The van der Waals surface area contributed by atoms with Crippen LogP contribution in [-0.2, 0) is 5.41 Å². The van der Waals surface area contributed by atoms with Crippen molar-refractivity contribution in [3.63, 3.8) is 0 Å². The smallest absolute Gasteiger partial charge is 0.155 e. The molecule has 0 bridgehead atoms. The number of rotatable bonds is 6. The number of nitrogens with one attached hydrogen (secondary N) is 1. The number of benzene rings is 1. The molecule has 3 heteroatoms. The van der Waals surface area contributed by atoms with Crippen LogP contribution in [0.1, 0.15) is 59.9 Å². The van der Waals surface area contributed by atoms with Crippen molar-refractivity contribution in [2.45, 2.75) is 65.9 Å². The van der Waals surface area contributed by atoms with Crippen molar-refractivity contribution in [1.82, 2.24) is 0 Å². The zero-order chi connectivity index (χ0) is 16.3. The molecule has 1 rings (SSSR count). The van der Waals surface area contributed by atoms with Crippen LogP contribution >= 0.6 is 0 Å². The summed E-state index contributed by atoms with van der Waals surface area (Å²) in [6.07, 6.45) is 1.48. The molecule has 0 amide bonds. The second kappa shape index (κ2) is 6.50. The monoisotopic (exact) mass is 290 g/mol. The Hall–Kier alpha value is -1.51. The Morgan fingerprint density at radius 1 is 1.14 bits per heavy atom. The predicted octanol–water partition coefficient (Wildman–Crippen LogP) is 4.49. The Bertz CT molecular complexity index is 469. The van der Waals surface area contributed by atoms with Crippen LogP contribution in [-0.4, -0.2) is 11.9 Å². The van der Waals surface area contributed by atoms with E-state index in [4.69, 9.17) is 15.9 Å². The molecular formula is C18H30N2O. The molecule has 0 heterocycles. The van der Waals surface area contributed by atoms with Crippen molar-refractivity contribution in [1.29, 1.82) is 5.41 Å². The average molecular weight is 290 g/mol. The molecule has 1 unspecified atom stereocenters. The van der Waals surface area contributed by atoms with Gasteiger partial charge in [-0.15, -0.1) is 0 Å². The van der Waals surface area contributed by atoms with Crippen LogP contribution < -0.4 is 10.5 Å². The van der Waals surface area contributed by atoms with E-state index in [1.165, 1.54) is 5.56 Å². The Morgan fingerprint density at radius 2 is 1.67 bits per heavy atom. The highest BCUT2D eigenvalue weighted by atomic mass is 16.5. The first-order chi connectivity index (χ1) is 9.55. The fourth-order valence-electron chi connectivity index (χ4n) is 2.94. The van der Waals surface area contributed by atoms with Crippen LogP contribution in [0.2, 0.25) is 0 Å². The van der Waals surface area contributed by atoms with Gasteiger partial charge in [-0.25, -0.2) is 0 Å². The zero-order valence-electron chi connectivity index (χ0n) is 14.3. The minimum Gasteiger partial charge on any atom is -0.483 e. The van der Waals surface area contributed by atoms with Crippen molar-refractivity contribution in [2.24, 2.45) is 11.1 Å². The highest BCUT2D eigenvalue weighted by Gasteiger charge is 2.27. The van der Waals surface area contributed by atoms with Gasteiger partial charge < -0.3 is 10.5 Å². The van der Waals surface area contributed by atoms with E-state index in [0.29, 0.717) is 11.8 Å². The second-order valence-corrected chi connectivity index (χ2v) is 7.62. The van der Waals surface area contributed by atoms with Crippen molar-refractivity contribution in [3.05, 3.63) is 29.8 Å². The quantitative estimate of drug-likeness (QED) is 0.599. The lowest BCUT2D eigenvalue weighted by atomic mass is 9.72. The molecule has 0 saturated carbocycles. The average Bonchev–Trinajstić information content (AvgIpc) is 2.33. The third kappa shape index (κ3) is 5.41.